The first-order chi connectivity index (χ1) is 16.5. The van der Waals surface area contributed by atoms with Crippen molar-refractivity contribution in [3.05, 3.63) is 81.8 Å². The van der Waals surface area contributed by atoms with Crippen molar-refractivity contribution in [1.82, 2.24) is 14.8 Å². The Labute approximate surface area is 206 Å². The number of amides is 2. The molecule has 0 radical (unpaired) electrons. The fourth-order valence-corrected chi connectivity index (χ4v) is 5.60. The predicted molar refractivity (Wildman–Crippen MR) is 138 cm³/mol. The summed E-state index contributed by atoms with van der Waals surface area (Å²) in [6.45, 7) is 2.56. The SMILES string of the molecule is Cc1cccc(CCN(C(=O)Cc2cccs2)[C@H](C(=O)NC2CCCCC2)c2cccn2C)c1. The van der Waals surface area contributed by atoms with E-state index in [0.717, 1.165) is 36.3 Å². The Morgan fingerprint density at radius 3 is 2.62 bits per heavy atom. The molecule has 5 nitrogen and oxygen atoms in total. The fraction of sp³-hybridized carbons (Fsp3) is 0.429. The Morgan fingerprint density at radius 1 is 1.12 bits per heavy atom. The molecule has 1 N–H and O–H groups in total. The molecule has 0 aliphatic heterocycles. The molecule has 34 heavy (non-hydrogen) atoms. The maximum Gasteiger partial charge on any atom is 0.249 e. The normalized spacial score (nSPS) is 15.1. The second-order valence-electron chi connectivity index (χ2n) is 9.37. The van der Waals surface area contributed by atoms with Crippen molar-refractivity contribution in [1.29, 1.82) is 0 Å². The Bertz CT molecular complexity index is 1080. The van der Waals surface area contributed by atoms with E-state index in [9.17, 15) is 9.59 Å². The smallest absolute Gasteiger partial charge is 0.249 e. The third-order valence-electron chi connectivity index (χ3n) is 6.73. The van der Waals surface area contributed by atoms with Gasteiger partial charge in [-0.05, 0) is 55.3 Å². The van der Waals surface area contributed by atoms with Gasteiger partial charge in [-0.3, -0.25) is 9.59 Å². The molecule has 0 spiro atoms. The van der Waals surface area contributed by atoms with Gasteiger partial charge in [0.2, 0.25) is 11.8 Å². The van der Waals surface area contributed by atoms with E-state index in [1.165, 1.54) is 17.5 Å². The highest BCUT2D eigenvalue weighted by molar-refractivity contribution is 7.10. The predicted octanol–water partition coefficient (Wildman–Crippen LogP) is 5.20. The van der Waals surface area contributed by atoms with Crippen LogP contribution < -0.4 is 5.32 Å². The van der Waals surface area contributed by atoms with Crippen LogP contribution in [0.15, 0.2) is 60.1 Å². The summed E-state index contributed by atoms with van der Waals surface area (Å²) in [5.41, 5.74) is 3.22. The van der Waals surface area contributed by atoms with Gasteiger partial charge in [0.15, 0.2) is 6.04 Å². The number of carbonyl (C=O) groups excluding carboxylic acids is 2. The molecule has 2 amide bonds. The van der Waals surface area contributed by atoms with E-state index < -0.39 is 6.04 Å². The Hall–Kier alpha value is -2.86. The molecular formula is C28H35N3O2S. The highest BCUT2D eigenvalue weighted by Gasteiger charge is 2.34. The highest BCUT2D eigenvalue weighted by Crippen LogP contribution is 2.26. The summed E-state index contributed by atoms with van der Waals surface area (Å²) in [5.74, 6) is -0.0856. The Kier molecular flexibility index (Phi) is 8.22. The second-order valence-corrected chi connectivity index (χ2v) is 10.4. The van der Waals surface area contributed by atoms with Crippen LogP contribution in [0.4, 0.5) is 0 Å². The van der Waals surface area contributed by atoms with Crippen LogP contribution in [-0.2, 0) is 29.5 Å². The van der Waals surface area contributed by atoms with Gasteiger partial charge in [-0.25, -0.2) is 0 Å². The first-order valence-electron chi connectivity index (χ1n) is 12.3. The van der Waals surface area contributed by atoms with E-state index in [1.807, 2.05) is 53.5 Å². The molecule has 0 unspecified atom stereocenters. The van der Waals surface area contributed by atoms with Gasteiger partial charge < -0.3 is 14.8 Å². The fourth-order valence-electron chi connectivity index (χ4n) is 4.90. The van der Waals surface area contributed by atoms with Crippen LogP contribution in [0.25, 0.3) is 0 Å². The molecule has 1 aliphatic rings. The summed E-state index contributed by atoms with van der Waals surface area (Å²) < 4.78 is 1.96. The lowest BCUT2D eigenvalue weighted by Gasteiger charge is -2.33. The minimum Gasteiger partial charge on any atom is -0.352 e. The lowest BCUT2D eigenvalue weighted by Crippen LogP contribution is -2.48. The average molecular weight is 478 g/mol. The second kappa shape index (κ2) is 11.5. The molecule has 3 aromatic rings. The van der Waals surface area contributed by atoms with E-state index in [0.29, 0.717) is 19.4 Å². The highest BCUT2D eigenvalue weighted by atomic mass is 32.1. The lowest BCUT2D eigenvalue weighted by atomic mass is 9.95. The molecule has 1 saturated carbocycles. The van der Waals surface area contributed by atoms with Gasteiger partial charge in [0.25, 0.3) is 0 Å². The molecule has 0 bridgehead atoms. The zero-order chi connectivity index (χ0) is 23.9. The minimum atomic E-state index is -0.654. The maximum atomic E-state index is 13.8. The average Bonchev–Trinajstić information content (AvgIpc) is 3.49. The number of hydrogen-bond acceptors (Lipinski definition) is 3. The largest absolute Gasteiger partial charge is 0.352 e. The number of nitrogens with zero attached hydrogens (tertiary/aromatic N) is 2. The number of aryl methyl sites for hydroxylation is 2. The van der Waals surface area contributed by atoms with Gasteiger partial charge in [-0.1, -0.05) is 55.2 Å². The Morgan fingerprint density at radius 2 is 1.94 bits per heavy atom. The number of thiophene rings is 1. The van der Waals surface area contributed by atoms with Crippen LogP contribution in [0.1, 0.15) is 59.8 Å². The number of aromatic nitrogens is 1. The first kappa shape index (κ1) is 24.3. The quantitative estimate of drug-likeness (QED) is 0.461. The topological polar surface area (TPSA) is 54.3 Å². The molecule has 1 fully saturated rings. The number of carbonyl (C=O) groups is 2. The van der Waals surface area contributed by atoms with E-state index in [-0.39, 0.29) is 17.9 Å². The molecule has 0 saturated heterocycles. The van der Waals surface area contributed by atoms with Crippen molar-refractivity contribution in [3.63, 3.8) is 0 Å². The van der Waals surface area contributed by atoms with Crippen LogP contribution in [-0.4, -0.2) is 33.9 Å². The van der Waals surface area contributed by atoms with Crippen molar-refractivity contribution in [2.75, 3.05) is 6.54 Å². The van der Waals surface area contributed by atoms with Crippen molar-refractivity contribution in [2.45, 2.75) is 64.0 Å². The van der Waals surface area contributed by atoms with Crippen LogP contribution >= 0.6 is 11.3 Å². The third-order valence-corrected chi connectivity index (χ3v) is 7.60. The van der Waals surface area contributed by atoms with Gasteiger partial charge in [0, 0.05) is 36.4 Å². The molecule has 1 aromatic carbocycles. The summed E-state index contributed by atoms with van der Waals surface area (Å²) in [6.07, 6.45) is 8.51. The molecule has 6 heteroatoms. The monoisotopic (exact) mass is 477 g/mol. The van der Waals surface area contributed by atoms with E-state index >= 15 is 0 Å². The molecule has 1 aliphatic carbocycles. The van der Waals surface area contributed by atoms with E-state index in [4.69, 9.17) is 0 Å². The minimum absolute atomic E-state index is 0.0138. The molecule has 2 heterocycles. The zero-order valence-electron chi connectivity index (χ0n) is 20.2. The van der Waals surface area contributed by atoms with Crippen molar-refractivity contribution in [3.8, 4) is 0 Å². The van der Waals surface area contributed by atoms with Crippen LogP contribution in [0.5, 0.6) is 0 Å². The molecule has 1 atom stereocenters. The molecule has 180 valence electrons. The summed E-state index contributed by atoms with van der Waals surface area (Å²) in [6, 6.07) is 15.8. The van der Waals surface area contributed by atoms with Crippen LogP contribution in [0.2, 0.25) is 0 Å². The summed E-state index contributed by atoms with van der Waals surface area (Å²) in [7, 11) is 1.94. The first-order valence-corrected chi connectivity index (χ1v) is 13.2. The molecular weight excluding hydrogens is 442 g/mol. The van der Waals surface area contributed by atoms with Gasteiger partial charge in [0.1, 0.15) is 0 Å². The van der Waals surface area contributed by atoms with Gasteiger partial charge in [-0.15, -0.1) is 11.3 Å². The zero-order valence-corrected chi connectivity index (χ0v) is 21.0. The molecule has 4 rings (SSSR count). The maximum absolute atomic E-state index is 13.8. The summed E-state index contributed by atoms with van der Waals surface area (Å²) >= 11 is 1.58. The van der Waals surface area contributed by atoms with Gasteiger partial charge in [-0.2, -0.15) is 0 Å². The third kappa shape index (κ3) is 6.17. The van der Waals surface area contributed by atoms with Crippen molar-refractivity contribution >= 4 is 23.2 Å². The number of benzene rings is 1. The van der Waals surface area contributed by atoms with Crippen molar-refractivity contribution in [2.24, 2.45) is 7.05 Å². The number of nitrogens with one attached hydrogen (secondary N) is 1. The van der Waals surface area contributed by atoms with Crippen LogP contribution in [0, 0.1) is 6.92 Å². The molecule has 2 aromatic heterocycles. The van der Waals surface area contributed by atoms with Gasteiger partial charge >= 0.3 is 0 Å². The summed E-state index contributed by atoms with van der Waals surface area (Å²) in [4.78, 5) is 30.3. The van der Waals surface area contributed by atoms with E-state index in [1.54, 1.807) is 16.2 Å². The standard InChI is InChI=1S/C28H35N3O2S/c1-21-9-6-10-22(19-21)15-17-31(26(32)20-24-13-8-18-34-24)27(25-14-7-16-30(25)2)28(33)29-23-11-4-3-5-12-23/h6-10,13-14,16,18-19,23,27H,3-5,11-12,15,17,20H2,1-2H3,(H,29,33)/t27-/m0/s1. The number of hydrogen-bond donors (Lipinski definition) is 1. The Balaban J connectivity index is 1.63. The number of rotatable bonds is 9. The lowest BCUT2D eigenvalue weighted by molar-refractivity contribution is -0.141. The van der Waals surface area contributed by atoms with E-state index in [2.05, 4.69) is 30.4 Å². The van der Waals surface area contributed by atoms with Crippen molar-refractivity contribution < 1.29 is 9.59 Å². The van der Waals surface area contributed by atoms with Gasteiger partial charge in [0.05, 0.1) is 6.42 Å². The summed E-state index contributed by atoms with van der Waals surface area (Å²) in [5, 5.41) is 5.28. The van der Waals surface area contributed by atoms with Crippen LogP contribution in [0.3, 0.4) is 0 Å².